The summed E-state index contributed by atoms with van der Waals surface area (Å²) in [7, 11) is 0. The predicted octanol–water partition coefficient (Wildman–Crippen LogP) is 2.56. The Labute approximate surface area is 94.3 Å². The number of nitrogens with zero attached hydrogens (tertiary/aromatic N) is 1. The maximum atomic E-state index is 13.4. The van der Waals surface area contributed by atoms with E-state index in [1.807, 2.05) is 6.07 Å². The Hall–Kier alpha value is -1.45. The molecule has 0 fully saturated rings. The Morgan fingerprint density at radius 3 is 2.80 bits per heavy atom. The van der Waals surface area contributed by atoms with Gasteiger partial charge in [0.15, 0.2) is 0 Å². The molecule has 0 radical (unpaired) electrons. The molecule has 0 spiro atoms. The molecule has 1 rings (SSSR count). The van der Waals surface area contributed by atoms with E-state index < -0.39 is 0 Å². The molecular weight excluding hydrogens is 209 g/mol. The van der Waals surface area contributed by atoms with Crippen LogP contribution >= 0.6 is 12.6 Å². The number of halogens is 1. The van der Waals surface area contributed by atoms with Gasteiger partial charge in [-0.15, -0.1) is 0 Å². The van der Waals surface area contributed by atoms with Crippen molar-refractivity contribution in [3.63, 3.8) is 0 Å². The van der Waals surface area contributed by atoms with Crippen molar-refractivity contribution in [2.75, 3.05) is 5.75 Å². The lowest BCUT2D eigenvalue weighted by molar-refractivity contribution is 0.622. The van der Waals surface area contributed by atoms with Crippen molar-refractivity contribution in [3.05, 3.63) is 35.1 Å². The van der Waals surface area contributed by atoms with E-state index in [0.717, 1.165) is 0 Å². The molecule has 76 valence electrons. The third-order valence-corrected chi connectivity index (χ3v) is 2.00. The van der Waals surface area contributed by atoms with Crippen LogP contribution in [0.25, 0.3) is 0 Å². The van der Waals surface area contributed by atoms with Crippen molar-refractivity contribution in [1.29, 1.82) is 5.26 Å². The van der Waals surface area contributed by atoms with Gasteiger partial charge in [0.25, 0.3) is 0 Å². The molecule has 0 atom stereocenters. The molecule has 0 saturated carbocycles. The summed E-state index contributed by atoms with van der Waals surface area (Å²) in [6.07, 6.45) is 0.865. The molecule has 3 heteroatoms. The summed E-state index contributed by atoms with van der Waals surface area (Å²) in [6.45, 7) is 0. The average molecular weight is 219 g/mol. The molecule has 0 amide bonds. The number of benzene rings is 1. The van der Waals surface area contributed by atoms with E-state index in [-0.39, 0.29) is 12.2 Å². The van der Waals surface area contributed by atoms with Crippen LogP contribution in [0, 0.1) is 29.0 Å². The largest absolute Gasteiger partial charge is 0.206 e. The lowest BCUT2D eigenvalue weighted by Gasteiger charge is -1.97. The smallest absolute Gasteiger partial charge is 0.139 e. The van der Waals surface area contributed by atoms with Gasteiger partial charge in [0, 0.05) is 12.2 Å². The second kappa shape index (κ2) is 6.11. The monoisotopic (exact) mass is 219 g/mol. The molecule has 15 heavy (non-hydrogen) atoms. The predicted molar refractivity (Wildman–Crippen MR) is 61.1 cm³/mol. The molecule has 1 aromatic rings. The topological polar surface area (TPSA) is 23.8 Å². The molecule has 1 aromatic carbocycles. The number of hydrogen-bond donors (Lipinski definition) is 1. The van der Waals surface area contributed by atoms with Gasteiger partial charge in [-0.1, -0.05) is 17.9 Å². The summed E-state index contributed by atoms with van der Waals surface area (Å²) in [4.78, 5) is 0. The molecule has 0 N–H and O–H groups in total. The van der Waals surface area contributed by atoms with Crippen LogP contribution in [0.15, 0.2) is 18.2 Å². The number of hydrogen-bond acceptors (Lipinski definition) is 2. The van der Waals surface area contributed by atoms with E-state index >= 15 is 0 Å². The molecule has 0 saturated heterocycles. The van der Waals surface area contributed by atoms with E-state index in [2.05, 4.69) is 24.5 Å². The number of thiol groups is 1. The van der Waals surface area contributed by atoms with Gasteiger partial charge in [-0.25, -0.2) is 4.39 Å². The minimum Gasteiger partial charge on any atom is -0.206 e. The quantitative estimate of drug-likeness (QED) is 0.600. The Morgan fingerprint density at radius 1 is 1.40 bits per heavy atom. The zero-order valence-electron chi connectivity index (χ0n) is 8.13. The Bertz CT molecular complexity index is 437. The maximum Gasteiger partial charge on any atom is 0.139 e. The third kappa shape index (κ3) is 3.65. The first-order valence-electron chi connectivity index (χ1n) is 4.53. The summed E-state index contributed by atoms with van der Waals surface area (Å²) < 4.78 is 13.4. The summed E-state index contributed by atoms with van der Waals surface area (Å²) >= 11 is 4.00. The average Bonchev–Trinajstić information content (AvgIpc) is 2.22. The van der Waals surface area contributed by atoms with Crippen LogP contribution in [0.2, 0.25) is 0 Å². The molecule has 0 aromatic heterocycles. The van der Waals surface area contributed by atoms with Gasteiger partial charge in [-0.3, -0.25) is 0 Å². The lowest BCUT2D eigenvalue weighted by Crippen LogP contribution is -1.88. The van der Waals surface area contributed by atoms with Crippen LogP contribution in [0.5, 0.6) is 0 Å². The number of nitriles is 1. The Morgan fingerprint density at radius 2 is 2.20 bits per heavy atom. The van der Waals surface area contributed by atoms with Gasteiger partial charge in [0.1, 0.15) is 5.82 Å². The van der Waals surface area contributed by atoms with E-state index in [0.29, 0.717) is 23.3 Å². The van der Waals surface area contributed by atoms with Crippen LogP contribution in [-0.2, 0) is 6.42 Å². The van der Waals surface area contributed by atoms with Gasteiger partial charge in [-0.05, 0) is 17.7 Å². The molecular formula is C12H10FNS. The third-order valence-electron chi connectivity index (χ3n) is 1.78. The van der Waals surface area contributed by atoms with Crippen molar-refractivity contribution >= 4 is 12.6 Å². The standard InChI is InChI=1S/C12H10FNS/c13-12-9-10(6-7-14)4-5-11(12)3-1-2-8-15/h4-5,9,15H,2,6,8H2. The fourth-order valence-electron chi connectivity index (χ4n) is 1.07. The van der Waals surface area contributed by atoms with Crippen molar-refractivity contribution < 1.29 is 4.39 Å². The second-order valence-electron chi connectivity index (χ2n) is 2.92. The zero-order chi connectivity index (χ0) is 11.1. The highest BCUT2D eigenvalue weighted by atomic mass is 32.1. The highest BCUT2D eigenvalue weighted by molar-refractivity contribution is 7.80. The summed E-state index contributed by atoms with van der Waals surface area (Å²) in [5.41, 5.74) is 1.05. The summed E-state index contributed by atoms with van der Waals surface area (Å²) in [5, 5.41) is 8.44. The maximum absolute atomic E-state index is 13.4. The normalized spacial score (nSPS) is 8.87. The van der Waals surface area contributed by atoms with Crippen LogP contribution in [0.4, 0.5) is 4.39 Å². The highest BCUT2D eigenvalue weighted by Crippen LogP contribution is 2.09. The first-order chi connectivity index (χ1) is 7.27. The summed E-state index contributed by atoms with van der Waals surface area (Å²) in [6, 6.07) is 6.65. The van der Waals surface area contributed by atoms with Crippen LogP contribution in [-0.4, -0.2) is 5.75 Å². The van der Waals surface area contributed by atoms with Crippen molar-refractivity contribution in [2.24, 2.45) is 0 Å². The van der Waals surface area contributed by atoms with Crippen LogP contribution in [0.3, 0.4) is 0 Å². The lowest BCUT2D eigenvalue weighted by atomic mass is 10.1. The zero-order valence-corrected chi connectivity index (χ0v) is 9.02. The van der Waals surface area contributed by atoms with Crippen LogP contribution in [0.1, 0.15) is 17.5 Å². The van der Waals surface area contributed by atoms with Crippen molar-refractivity contribution in [1.82, 2.24) is 0 Å². The minimum absolute atomic E-state index is 0.223. The second-order valence-corrected chi connectivity index (χ2v) is 3.37. The molecule has 0 aliphatic rings. The van der Waals surface area contributed by atoms with E-state index in [1.165, 1.54) is 6.07 Å². The first-order valence-corrected chi connectivity index (χ1v) is 5.16. The molecule has 0 aliphatic carbocycles. The van der Waals surface area contributed by atoms with Gasteiger partial charge >= 0.3 is 0 Å². The molecule has 0 aliphatic heterocycles. The fraction of sp³-hybridized carbons (Fsp3) is 0.250. The number of rotatable bonds is 2. The molecule has 0 unspecified atom stereocenters. The van der Waals surface area contributed by atoms with Crippen molar-refractivity contribution in [3.8, 4) is 17.9 Å². The van der Waals surface area contributed by atoms with E-state index in [4.69, 9.17) is 5.26 Å². The van der Waals surface area contributed by atoms with Gasteiger partial charge in [-0.2, -0.15) is 17.9 Å². The molecule has 1 nitrogen and oxygen atoms in total. The minimum atomic E-state index is -0.366. The van der Waals surface area contributed by atoms with Gasteiger partial charge in [0.2, 0.25) is 0 Å². The Balaban J connectivity index is 2.86. The van der Waals surface area contributed by atoms with Crippen LogP contribution < -0.4 is 0 Å². The van der Waals surface area contributed by atoms with E-state index in [1.54, 1.807) is 12.1 Å². The van der Waals surface area contributed by atoms with Gasteiger partial charge in [0.05, 0.1) is 18.1 Å². The van der Waals surface area contributed by atoms with Crippen molar-refractivity contribution in [2.45, 2.75) is 12.8 Å². The first kappa shape index (κ1) is 11.6. The molecule has 0 bridgehead atoms. The van der Waals surface area contributed by atoms with Gasteiger partial charge < -0.3 is 0 Å². The Kier molecular flexibility index (Phi) is 4.74. The summed E-state index contributed by atoms with van der Waals surface area (Å²) in [5.74, 6) is 5.84. The van der Waals surface area contributed by atoms with E-state index in [9.17, 15) is 4.39 Å². The fourth-order valence-corrected chi connectivity index (χ4v) is 1.19. The molecule has 0 heterocycles. The highest BCUT2D eigenvalue weighted by Gasteiger charge is 2.00. The SMILES string of the molecule is N#CCc1ccc(C#CCCS)c(F)c1.